The number of rotatable bonds is 10. The molecule has 2 amide bonds. The quantitative estimate of drug-likeness (QED) is 0.172. The van der Waals surface area contributed by atoms with Crippen molar-refractivity contribution in [2.45, 2.75) is 24.9 Å². The zero-order chi connectivity index (χ0) is 17.1. The monoisotopic (exact) mass is 336 g/mol. The highest BCUT2D eigenvalue weighted by atomic mass is 32.1. The Morgan fingerprint density at radius 2 is 1.95 bits per heavy atom. The average Bonchev–Trinajstić information content (AvgIpc) is 2.47. The lowest BCUT2D eigenvalue weighted by Crippen LogP contribution is -2.49. The third-order valence-electron chi connectivity index (χ3n) is 2.38. The molecule has 12 heteroatoms. The molecule has 0 spiro atoms. The van der Waals surface area contributed by atoms with E-state index in [2.05, 4.69) is 28.1 Å². The Kier molecular flexibility index (Phi) is 9.45. The molecule has 0 aromatic heterocycles. The standard InChI is InChI=1S/C10H16N4O7S/c11-5(10(18)19)1-2-7(15)13-6(4-22)9(17)12-3-8(16)21-14-20/h5-6,22H,1-4,11H2,(H,12,17)(H,13,15)(H,18,19). The number of hydrogen-bond donors (Lipinski definition) is 5. The molecule has 124 valence electrons. The lowest BCUT2D eigenvalue weighted by atomic mass is 10.1. The van der Waals surface area contributed by atoms with Gasteiger partial charge in [0.1, 0.15) is 18.6 Å². The van der Waals surface area contributed by atoms with E-state index in [1.807, 2.05) is 5.34 Å². The molecule has 0 heterocycles. The minimum atomic E-state index is -1.24. The van der Waals surface area contributed by atoms with Crippen LogP contribution in [0.5, 0.6) is 0 Å². The fourth-order valence-electron chi connectivity index (χ4n) is 1.23. The van der Waals surface area contributed by atoms with E-state index in [1.54, 1.807) is 0 Å². The molecule has 22 heavy (non-hydrogen) atoms. The Morgan fingerprint density at radius 1 is 1.32 bits per heavy atom. The molecule has 0 radical (unpaired) electrons. The molecule has 0 aromatic rings. The number of hydrogen-bond acceptors (Lipinski definition) is 9. The molecule has 11 nitrogen and oxygen atoms in total. The van der Waals surface area contributed by atoms with Gasteiger partial charge in [0.25, 0.3) is 0 Å². The van der Waals surface area contributed by atoms with Crippen molar-refractivity contribution >= 4 is 36.4 Å². The van der Waals surface area contributed by atoms with Gasteiger partial charge in [-0.15, -0.1) is 4.91 Å². The van der Waals surface area contributed by atoms with Crippen LogP contribution in [0.2, 0.25) is 0 Å². The van der Waals surface area contributed by atoms with Crippen molar-refractivity contribution < 1.29 is 29.1 Å². The fourth-order valence-corrected chi connectivity index (χ4v) is 1.48. The van der Waals surface area contributed by atoms with Crippen LogP contribution in [0.1, 0.15) is 12.8 Å². The van der Waals surface area contributed by atoms with Gasteiger partial charge in [0.2, 0.25) is 11.8 Å². The molecule has 0 fully saturated rings. The summed E-state index contributed by atoms with van der Waals surface area (Å²) >= 11 is 3.88. The molecule has 2 unspecified atom stereocenters. The predicted octanol–water partition coefficient (Wildman–Crippen LogP) is -2.07. The topological polar surface area (TPSA) is 177 Å². The van der Waals surface area contributed by atoms with Gasteiger partial charge in [-0.2, -0.15) is 12.6 Å². The van der Waals surface area contributed by atoms with Crippen LogP contribution in [0.25, 0.3) is 0 Å². The zero-order valence-electron chi connectivity index (χ0n) is 11.4. The summed E-state index contributed by atoms with van der Waals surface area (Å²) < 4.78 is 0. The molecule has 0 aliphatic rings. The van der Waals surface area contributed by atoms with E-state index in [4.69, 9.17) is 10.8 Å². The maximum atomic E-state index is 11.7. The van der Waals surface area contributed by atoms with Gasteiger partial charge in [-0.1, -0.05) is 0 Å². The first-order valence-corrected chi connectivity index (χ1v) is 6.63. The molecular formula is C10H16N4O7S. The van der Waals surface area contributed by atoms with Gasteiger partial charge in [0, 0.05) is 12.2 Å². The predicted molar refractivity (Wildman–Crippen MR) is 75.5 cm³/mol. The molecule has 0 bridgehead atoms. The number of carboxylic acid groups (broad SMARTS) is 1. The Balaban J connectivity index is 4.25. The van der Waals surface area contributed by atoms with E-state index in [-0.39, 0.29) is 18.6 Å². The number of thiol groups is 1. The van der Waals surface area contributed by atoms with Crippen molar-refractivity contribution in [3.8, 4) is 0 Å². The number of carboxylic acids is 1. The summed E-state index contributed by atoms with van der Waals surface area (Å²) in [6.45, 7) is -0.603. The van der Waals surface area contributed by atoms with E-state index >= 15 is 0 Å². The van der Waals surface area contributed by atoms with Gasteiger partial charge in [-0.05, 0) is 6.42 Å². The van der Waals surface area contributed by atoms with Crippen LogP contribution in [0.3, 0.4) is 0 Å². The minimum Gasteiger partial charge on any atom is -0.480 e. The number of aliphatic carboxylic acids is 1. The Bertz CT molecular complexity index is 445. The molecule has 0 rings (SSSR count). The van der Waals surface area contributed by atoms with Crippen molar-refractivity contribution in [1.29, 1.82) is 0 Å². The highest BCUT2D eigenvalue weighted by molar-refractivity contribution is 7.80. The highest BCUT2D eigenvalue weighted by Gasteiger charge is 2.21. The van der Waals surface area contributed by atoms with E-state index in [0.717, 1.165) is 0 Å². The van der Waals surface area contributed by atoms with Crippen LogP contribution < -0.4 is 16.4 Å². The molecule has 0 aliphatic carbocycles. The van der Waals surface area contributed by atoms with Crippen molar-refractivity contribution in [2.24, 2.45) is 11.1 Å². The molecule has 2 atom stereocenters. The highest BCUT2D eigenvalue weighted by Crippen LogP contribution is 1.97. The molecule has 0 aliphatic heterocycles. The van der Waals surface area contributed by atoms with Crippen LogP contribution >= 0.6 is 12.6 Å². The first-order chi connectivity index (χ1) is 10.3. The van der Waals surface area contributed by atoms with Crippen LogP contribution in [0, 0.1) is 4.91 Å². The summed E-state index contributed by atoms with van der Waals surface area (Å²) in [5.74, 6) is -3.70. The Morgan fingerprint density at radius 3 is 2.45 bits per heavy atom. The fraction of sp³-hybridized carbons (Fsp3) is 0.600. The third kappa shape index (κ3) is 8.16. The van der Waals surface area contributed by atoms with Crippen LogP contribution in [-0.2, 0) is 24.0 Å². The van der Waals surface area contributed by atoms with Gasteiger partial charge < -0.3 is 21.5 Å². The summed E-state index contributed by atoms with van der Waals surface area (Å²) in [6, 6.07) is -2.23. The normalized spacial score (nSPS) is 12.6. The molecule has 5 N–H and O–H groups in total. The Labute approximate surface area is 130 Å². The number of carbonyl (C=O) groups excluding carboxylic acids is 3. The number of carbonyl (C=O) groups is 4. The average molecular weight is 336 g/mol. The van der Waals surface area contributed by atoms with E-state index in [0.29, 0.717) is 0 Å². The smallest absolute Gasteiger partial charge is 0.357 e. The van der Waals surface area contributed by atoms with E-state index in [1.165, 1.54) is 0 Å². The van der Waals surface area contributed by atoms with Gasteiger partial charge >= 0.3 is 11.9 Å². The minimum absolute atomic E-state index is 0.0659. The van der Waals surface area contributed by atoms with Crippen molar-refractivity contribution in [3.05, 3.63) is 4.91 Å². The second kappa shape index (κ2) is 10.5. The van der Waals surface area contributed by atoms with E-state index < -0.39 is 42.4 Å². The largest absolute Gasteiger partial charge is 0.480 e. The van der Waals surface area contributed by atoms with Crippen LogP contribution in [-0.4, -0.2) is 53.2 Å². The van der Waals surface area contributed by atoms with Crippen LogP contribution in [0.4, 0.5) is 0 Å². The van der Waals surface area contributed by atoms with Gasteiger partial charge in [-0.3, -0.25) is 19.2 Å². The van der Waals surface area contributed by atoms with Crippen molar-refractivity contribution in [2.75, 3.05) is 12.3 Å². The van der Waals surface area contributed by atoms with Gasteiger partial charge in [0.05, 0.1) is 0 Å². The molecule has 0 saturated carbocycles. The maximum absolute atomic E-state index is 11.7. The summed E-state index contributed by atoms with van der Waals surface area (Å²) in [4.78, 5) is 57.9. The molecular weight excluding hydrogens is 320 g/mol. The van der Waals surface area contributed by atoms with Gasteiger partial charge in [0.15, 0.2) is 5.34 Å². The summed E-state index contributed by atoms with van der Waals surface area (Å²) in [7, 11) is 0. The molecule has 0 saturated heterocycles. The SMILES string of the molecule is NC(CCC(=O)NC(CS)C(=O)NCC(=O)ON=O)C(=O)O. The summed E-state index contributed by atoms with van der Waals surface area (Å²) in [5, 5.41) is 14.9. The Hall–Kier alpha value is -2.21. The maximum Gasteiger partial charge on any atom is 0.357 e. The van der Waals surface area contributed by atoms with Crippen LogP contribution in [0.15, 0.2) is 5.34 Å². The molecule has 0 aromatic carbocycles. The number of nitrogens with zero attached hydrogens (tertiary/aromatic N) is 1. The second-order valence-corrected chi connectivity index (χ2v) is 4.41. The van der Waals surface area contributed by atoms with Crippen molar-refractivity contribution in [1.82, 2.24) is 10.6 Å². The zero-order valence-corrected chi connectivity index (χ0v) is 12.2. The lowest BCUT2D eigenvalue weighted by molar-refractivity contribution is -0.144. The number of nitrogens with two attached hydrogens (primary N) is 1. The first kappa shape index (κ1) is 19.8. The van der Waals surface area contributed by atoms with E-state index in [9.17, 15) is 24.1 Å². The second-order valence-electron chi connectivity index (χ2n) is 4.04. The van der Waals surface area contributed by atoms with Crippen molar-refractivity contribution in [3.63, 3.8) is 0 Å². The summed E-state index contributed by atoms with van der Waals surface area (Å²) in [5.41, 5.74) is 5.24. The van der Waals surface area contributed by atoms with Gasteiger partial charge in [-0.25, -0.2) is 4.79 Å². The number of amides is 2. The lowest BCUT2D eigenvalue weighted by Gasteiger charge is -2.16. The summed E-state index contributed by atoms with van der Waals surface area (Å²) in [6.07, 6.45) is -0.290. The number of nitrogens with one attached hydrogen (secondary N) is 2. The first-order valence-electron chi connectivity index (χ1n) is 6.00. The third-order valence-corrected chi connectivity index (χ3v) is 2.75.